The SMILES string of the molecule is CCCN(Cc1cc(NC)ccn1)CC1CC1. The minimum absolute atomic E-state index is 0.953. The number of nitrogens with zero attached hydrogens (tertiary/aromatic N) is 2. The van der Waals surface area contributed by atoms with Gasteiger partial charge in [0.2, 0.25) is 0 Å². The van der Waals surface area contributed by atoms with Crippen molar-refractivity contribution < 1.29 is 0 Å². The molecule has 94 valence electrons. The molecular formula is C14H23N3. The van der Waals surface area contributed by atoms with Crippen LogP contribution in [-0.2, 0) is 6.54 Å². The van der Waals surface area contributed by atoms with Crippen molar-refractivity contribution in [3.63, 3.8) is 0 Å². The summed E-state index contributed by atoms with van der Waals surface area (Å²) >= 11 is 0. The minimum Gasteiger partial charge on any atom is -0.388 e. The van der Waals surface area contributed by atoms with E-state index < -0.39 is 0 Å². The first-order chi connectivity index (χ1) is 8.31. The summed E-state index contributed by atoms with van der Waals surface area (Å²) in [6, 6.07) is 4.16. The van der Waals surface area contributed by atoms with Gasteiger partial charge in [-0.15, -0.1) is 0 Å². The van der Waals surface area contributed by atoms with Crippen molar-refractivity contribution in [1.29, 1.82) is 0 Å². The molecule has 3 heteroatoms. The van der Waals surface area contributed by atoms with E-state index in [1.54, 1.807) is 0 Å². The maximum atomic E-state index is 4.46. The van der Waals surface area contributed by atoms with Crippen molar-refractivity contribution in [2.45, 2.75) is 32.7 Å². The summed E-state index contributed by atoms with van der Waals surface area (Å²) in [6.45, 7) is 5.67. The van der Waals surface area contributed by atoms with Gasteiger partial charge in [-0.1, -0.05) is 6.92 Å². The molecule has 0 bridgehead atoms. The summed E-state index contributed by atoms with van der Waals surface area (Å²) in [7, 11) is 1.95. The molecule has 0 aliphatic heterocycles. The molecule has 0 unspecified atom stereocenters. The van der Waals surface area contributed by atoms with Gasteiger partial charge >= 0.3 is 0 Å². The van der Waals surface area contributed by atoms with Gasteiger partial charge in [0.1, 0.15) is 0 Å². The van der Waals surface area contributed by atoms with E-state index in [1.165, 1.54) is 38.0 Å². The molecule has 17 heavy (non-hydrogen) atoms. The number of anilines is 1. The molecule has 1 heterocycles. The van der Waals surface area contributed by atoms with Crippen LogP contribution in [0.15, 0.2) is 18.3 Å². The molecule has 1 N–H and O–H groups in total. The van der Waals surface area contributed by atoms with E-state index in [0.717, 1.165) is 18.2 Å². The average Bonchev–Trinajstić information content (AvgIpc) is 3.13. The predicted octanol–water partition coefficient (Wildman–Crippen LogP) is 2.75. The fourth-order valence-corrected chi connectivity index (χ4v) is 2.17. The molecule has 1 aromatic rings. The maximum absolute atomic E-state index is 4.46. The first-order valence-corrected chi connectivity index (χ1v) is 6.67. The summed E-state index contributed by atoms with van der Waals surface area (Å²) in [5, 5.41) is 3.17. The van der Waals surface area contributed by atoms with Crippen molar-refractivity contribution in [2.75, 3.05) is 25.5 Å². The summed E-state index contributed by atoms with van der Waals surface area (Å²) < 4.78 is 0. The van der Waals surface area contributed by atoms with Gasteiger partial charge in [-0.3, -0.25) is 9.88 Å². The Bertz CT molecular complexity index is 347. The molecule has 1 fully saturated rings. The monoisotopic (exact) mass is 233 g/mol. The van der Waals surface area contributed by atoms with Crippen molar-refractivity contribution in [3.05, 3.63) is 24.0 Å². The Morgan fingerprint density at radius 1 is 1.47 bits per heavy atom. The molecule has 0 saturated heterocycles. The first-order valence-electron chi connectivity index (χ1n) is 6.67. The zero-order valence-electron chi connectivity index (χ0n) is 10.9. The third-order valence-corrected chi connectivity index (χ3v) is 3.24. The van der Waals surface area contributed by atoms with Gasteiger partial charge in [0.05, 0.1) is 5.69 Å². The smallest absolute Gasteiger partial charge is 0.0564 e. The highest BCUT2D eigenvalue weighted by atomic mass is 15.1. The van der Waals surface area contributed by atoms with E-state index in [1.807, 2.05) is 19.3 Å². The van der Waals surface area contributed by atoms with Crippen LogP contribution in [0.25, 0.3) is 0 Å². The lowest BCUT2D eigenvalue weighted by molar-refractivity contribution is 0.252. The molecule has 3 nitrogen and oxygen atoms in total. The van der Waals surface area contributed by atoms with Gasteiger partial charge in [-0.2, -0.15) is 0 Å². The van der Waals surface area contributed by atoms with E-state index in [4.69, 9.17) is 0 Å². The van der Waals surface area contributed by atoms with Gasteiger partial charge < -0.3 is 5.32 Å². The Balaban J connectivity index is 1.94. The van der Waals surface area contributed by atoms with Crippen molar-refractivity contribution in [2.24, 2.45) is 5.92 Å². The maximum Gasteiger partial charge on any atom is 0.0564 e. The van der Waals surface area contributed by atoms with Gasteiger partial charge in [0.15, 0.2) is 0 Å². The van der Waals surface area contributed by atoms with Crippen LogP contribution in [0, 0.1) is 5.92 Å². The summed E-state index contributed by atoms with van der Waals surface area (Å²) in [5.41, 5.74) is 2.32. The Kier molecular flexibility index (Phi) is 4.37. The van der Waals surface area contributed by atoms with Crippen LogP contribution >= 0.6 is 0 Å². The highest BCUT2D eigenvalue weighted by molar-refractivity contribution is 5.42. The standard InChI is InChI=1S/C14H23N3/c1-3-8-17(10-12-4-5-12)11-14-9-13(15-2)6-7-16-14/h6-7,9,12H,3-5,8,10-11H2,1-2H3,(H,15,16). The largest absolute Gasteiger partial charge is 0.388 e. The first kappa shape index (κ1) is 12.4. The molecule has 0 aromatic carbocycles. The molecule has 0 atom stereocenters. The highest BCUT2D eigenvalue weighted by Crippen LogP contribution is 2.30. The predicted molar refractivity (Wildman–Crippen MR) is 72.1 cm³/mol. The molecule has 0 radical (unpaired) electrons. The fraction of sp³-hybridized carbons (Fsp3) is 0.643. The molecule has 0 amide bonds. The third-order valence-electron chi connectivity index (χ3n) is 3.24. The van der Waals surface area contributed by atoms with Crippen molar-refractivity contribution >= 4 is 5.69 Å². The number of hydrogen-bond donors (Lipinski definition) is 1. The number of rotatable bonds is 7. The van der Waals surface area contributed by atoms with Crippen LogP contribution in [0.4, 0.5) is 5.69 Å². The number of pyridine rings is 1. The molecule has 1 saturated carbocycles. The van der Waals surface area contributed by atoms with E-state index >= 15 is 0 Å². The summed E-state index contributed by atoms with van der Waals surface area (Å²) in [6.07, 6.45) is 5.95. The number of hydrogen-bond acceptors (Lipinski definition) is 3. The second-order valence-corrected chi connectivity index (χ2v) is 4.96. The molecule has 1 aromatic heterocycles. The zero-order valence-corrected chi connectivity index (χ0v) is 10.9. The molecular weight excluding hydrogens is 210 g/mol. The normalized spacial score (nSPS) is 15.2. The van der Waals surface area contributed by atoms with Crippen LogP contribution in [-0.4, -0.2) is 30.0 Å². The van der Waals surface area contributed by atoms with Gasteiger partial charge in [-0.05, 0) is 43.9 Å². The zero-order chi connectivity index (χ0) is 12.1. The summed E-state index contributed by atoms with van der Waals surface area (Å²) in [4.78, 5) is 7.00. The second-order valence-electron chi connectivity index (χ2n) is 4.96. The average molecular weight is 233 g/mol. The summed E-state index contributed by atoms with van der Waals surface area (Å²) in [5.74, 6) is 0.953. The molecule has 2 rings (SSSR count). The Morgan fingerprint density at radius 2 is 2.29 bits per heavy atom. The minimum atomic E-state index is 0.953. The van der Waals surface area contributed by atoms with E-state index in [9.17, 15) is 0 Å². The number of aromatic nitrogens is 1. The lowest BCUT2D eigenvalue weighted by Crippen LogP contribution is -2.26. The Hall–Kier alpha value is -1.09. The van der Waals surface area contributed by atoms with Crippen LogP contribution < -0.4 is 5.32 Å². The molecule has 1 aliphatic rings. The van der Waals surface area contributed by atoms with Gasteiger partial charge in [-0.25, -0.2) is 0 Å². The van der Waals surface area contributed by atoms with Crippen LogP contribution in [0.2, 0.25) is 0 Å². The van der Waals surface area contributed by atoms with Crippen LogP contribution in [0.5, 0.6) is 0 Å². The third kappa shape index (κ3) is 4.00. The van der Waals surface area contributed by atoms with E-state index in [-0.39, 0.29) is 0 Å². The van der Waals surface area contributed by atoms with Crippen molar-refractivity contribution in [1.82, 2.24) is 9.88 Å². The van der Waals surface area contributed by atoms with E-state index in [0.29, 0.717) is 0 Å². The van der Waals surface area contributed by atoms with Crippen LogP contribution in [0.3, 0.4) is 0 Å². The fourth-order valence-electron chi connectivity index (χ4n) is 2.17. The molecule has 1 aliphatic carbocycles. The molecule has 0 spiro atoms. The van der Waals surface area contributed by atoms with E-state index in [2.05, 4.69) is 28.2 Å². The second kappa shape index (κ2) is 6.01. The van der Waals surface area contributed by atoms with Gasteiger partial charge in [0, 0.05) is 32.0 Å². The lowest BCUT2D eigenvalue weighted by atomic mass is 10.2. The Labute approximate surface area is 104 Å². The lowest BCUT2D eigenvalue weighted by Gasteiger charge is -2.21. The van der Waals surface area contributed by atoms with Crippen LogP contribution in [0.1, 0.15) is 31.9 Å². The number of nitrogens with one attached hydrogen (secondary N) is 1. The van der Waals surface area contributed by atoms with Gasteiger partial charge in [0.25, 0.3) is 0 Å². The topological polar surface area (TPSA) is 28.2 Å². The quantitative estimate of drug-likeness (QED) is 0.785. The Morgan fingerprint density at radius 3 is 2.94 bits per heavy atom. The highest BCUT2D eigenvalue weighted by Gasteiger charge is 2.24. The van der Waals surface area contributed by atoms with Crippen molar-refractivity contribution in [3.8, 4) is 0 Å².